The molecular formula is C13H12Cl2N2OS. The molecular weight excluding hydrogens is 303 g/mol. The van der Waals surface area contributed by atoms with E-state index >= 15 is 0 Å². The average molecular weight is 315 g/mol. The summed E-state index contributed by atoms with van der Waals surface area (Å²) in [6.07, 6.45) is 0. The van der Waals surface area contributed by atoms with Crippen LogP contribution in [0.25, 0.3) is 0 Å². The molecule has 0 aliphatic carbocycles. The van der Waals surface area contributed by atoms with Crippen molar-refractivity contribution in [1.29, 1.82) is 0 Å². The smallest absolute Gasteiger partial charge is 0.319 e. The van der Waals surface area contributed by atoms with Gasteiger partial charge in [0.15, 0.2) is 0 Å². The molecule has 0 spiro atoms. The van der Waals surface area contributed by atoms with Crippen LogP contribution in [-0.4, -0.2) is 6.03 Å². The lowest BCUT2D eigenvalue weighted by Crippen LogP contribution is -2.28. The topological polar surface area (TPSA) is 41.1 Å². The number of anilines is 1. The standard InChI is InChI=1S/C13H12Cl2N2OS/c1-8-4-5-19-12(8)7-16-13(18)17-11-3-2-9(14)6-10(11)15/h2-6H,7H2,1H3,(H2,16,17,18). The van der Waals surface area contributed by atoms with Gasteiger partial charge < -0.3 is 10.6 Å². The highest BCUT2D eigenvalue weighted by molar-refractivity contribution is 7.10. The van der Waals surface area contributed by atoms with Gasteiger partial charge in [-0.2, -0.15) is 0 Å². The predicted molar refractivity (Wildman–Crippen MR) is 81.4 cm³/mol. The molecule has 0 fully saturated rings. The Morgan fingerprint density at radius 2 is 2.11 bits per heavy atom. The lowest BCUT2D eigenvalue weighted by atomic mass is 10.3. The number of carbonyl (C=O) groups is 1. The highest BCUT2D eigenvalue weighted by atomic mass is 35.5. The van der Waals surface area contributed by atoms with Crippen LogP contribution in [0.1, 0.15) is 10.4 Å². The number of hydrogen-bond acceptors (Lipinski definition) is 2. The van der Waals surface area contributed by atoms with E-state index in [4.69, 9.17) is 23.2 Å². The number of aryl methyl sites for hydroxylation is 1. The van der Waals surface area contributed by atoms with E-state index in [-0.39, 0.29) is 6.03 Å². The van der Waals surface area contributed by atoms with Crippen LogP contribution in [0.15, 0.2) is 29.6 Å². The molecule has 0 radical (unpaired) electrons. The first-order chi connectivity index (χ1) is 9.06. The molecule has 1 heterocycles. The first-order valence-corrected chi connectivity index (χ1v) is 7.22. The summed E-state index contributed by atoms with van der Waals surface area (Å²) >= 11 is 13.4. The van der Waals surface area contributed by atoms with Crippen molar-refractivity contribution in [2.75, 3.05) is 5.32 Å². The lowest BCUT2D eigenvalue weighted by molar-refractivity contribution is 0.252. The maximum absolute atomic E-state index is 11.7. The van der Waals surface area contributed by atoms with Crippen LogP contribution in [0.3, 0.4) is 0 Å². The van der Waals surface area contributed by atoms with Crippen molar-refractivity contribution in [3.8, 4) is 0 Å². The largest absolute Gasteiger partial charge is 0.333 e. The highest BCUT2D eigenvalue weighted by Crippen LogP contribution is 2.25. The van der Waals surface area contributed by atoms with E-state index in [1.165, 1.54) is 5.56 Å². The summed E-state index contributed by atoms with van der Waals surface area (Å²) in [6, 6.07) is 6.65. The van der Waals surface area contributed by atoms with Crippen LogP contribution in [0.4, 0.5) is 10.5 Å². The molecule has 2 amide bonds. The minimum absolute atomic E-state index is 0.294. The summed E-state index contributed by atoms with van der Waals surface area (Å²) in [6.45, 7) is 2.52. The van der Waals surface area contributed by atoms with Gasteiger partial charge in [0.2, 0.25) is 0 Å². The lowest BCUT2D eigenvalue weighted by Gasteiger charge is -2.09. The molecule has 0 saturated carbocycles. The molecule has 0 unspecified atom stereocenters. The number of urea groups is 1. The minimum atomic E-state index is -0.294. The van der Waals surface area contributed by atoms with Crippen molar-refractivity contribution in [2.24, 2.45) is 0 Å². The molecule has 1 aromatic carbocycles. The molecule has 0 aliphatic heterocycles. The molecule has 2 rings (SSSR count). The minimum Gasteiger partial charge on any atom is -0.333 e. The number of carbonyl (C=O) groups excluding carboxylic acids is 1. The molecule has 100 valence electrons. The average Bonchev–Trinajstić information content (AvgIpc) is 2.76. The third kappa shape index (κ3) is 3.86. The van der Waals surface area contributed by atoms with Gasteiger partial charge in [-0.25, -0.2) is 4.79 Å². The van der Waals surface area contributed by atoms with E-state index in [2.05, 4.69) is 10.6 Å². The summed E-state index contributed by atoms with van der Waals surface area (Å²) in [4.78, 5) is 12.9. The normalized spacial score (nSPS) is 10.3. The van der Waals surface area contributed by atoms with Crippen LogP contribution in [0.2, 0.25) is 10.0 Å². The van der Waals surface area contributed by atoms with Crippen molar-refractivity contribution in [3.05, 3.63) is 50.1 Å². The molecule has 3 nitrogen and oxygen atoms in total. The number of thiophene rings is 1. The molecule has 2 N–H and O–H groups in total. The maximum atomic E-state index is 11.7. The third-order valence-corrected chi connectivity index (χ3v) is 4.13. The fourth-order valence-electron chi connectivity index (χ4n) is 1.50. The zero-order valence-corrected chi connectivity index (χ0v) is 12.5. The van der Waals surface area contributed by atoms with Crippen molar-refractivity contribution < 1.29 is 4.79 Å². The molecule has 2 aromatic rings. The molecule has 0 aliphatic rings. The van der Waals surface area contributed by atoms with Crippen molar-refractivity contribution in [3.63, 3.8) is 0 Å². The predicted octanol–water partition coefficient (Wildman–Crippen LogP) is 4.69. The maximum Gasteiger partial charge on any atom is 0.319 e. The quantitative estimate of drug-likeness (QED) is 0.848. The van der Waals surface area contributed by atoms with Crippen LogP contribution >= 0.6 is 34.5 Å². The Bertz CT molecular complexity index is 598. The van der Waals surface area contributed by atoms with Crippen LogP contribution in [0, 0.1) is 6.92 Å². The Balaban J connectivity index is 1.93. The van der Waals surface area contributed by atoms with E-state index in [1.54, 1.807) is 29.5 Å². The third-order valence-electron chi connectivity index (χ3n) is 2.56. The van der Waals surface area contributed by atoms with Gasteiger partial charge in [0, 0.05) is 9.90 Å². The summed E-state index contributed by atoms with van der Waals surface area (Å²) in [7, 11) is 0. The number of rotatable bonds is 3. The van der Waals surface area contributed by atoms with Gasteiger partial charge in [0.25, 0.3) is 0 Å². The molecule has 6 heteroatoms. The second-order valence-electron chi connectivity index (χ2n) is 3.96. The highest BCUT2D eigenvalue weighted by Gasteiger charge is 2.07. The van der Waals surface area contributed by atoms with Crippen LogP contribution in [-0.2, 0) is 6.54 Å². The van der Waals surface area contributed by atoms with Gasteiger partial charge in [0.05, 0.1) is 17.3 Å². The van der Waals surface area contributed by atoms with Gasteiger partial charge in [-0.05, 0) is 42.1 Å². The fourth-order valence-corrected chi connectivity index (χ4v) is 2.80. The van der Waals surface area contributed by atoms with E-state index in [0.29, 0.717) is 22.3 Å². The Labute approximate surface area is 125 Å². The monoisotopic (exact) mass is 314 g/mol. The van der Waals surface area contributed by atoms with E-state index in [0.717, 1.165) is 4.88 Å². The summed E-state index contributed by atoms with van der Waals surface area (Å²) in [5.74, 6) is 0. The van der Waals surface area contributed by atoms with Gasteiger partial charge in [0.1, 0.15) is 0 Å². The first-order valence-electron chi connectivity index (χ1n) is 5.59. The van der Waals surface area contributed by atoms with E-state index < -0.39 is 0 Å². The van der Waals surface area contributed by atoms with Gasteiger partial charge >= 0.3 is 6.03 Å². The van der Waals surface area contributed by atoms with Crippen LogP contribution < -0.4 is 10.6 Å². The van der Waals surface area contributed by atoms with Gasteiger partial charge in [-0.15, -0.1) is 11.3 Å². The summed E-state index contributed by atoms with van der Waals surface area (Å²) in [5.41, 5.74) is 1.71. The van der Waals surface area contributed by atoms with Crippen molar-refractivity contribution in [1.82, 2.24) is 5.32 Å². The van der Waals surface area contributed by atoms with Crippen LogP contribution in [0.5, 0.6) is 0 Å². The number of benzene rings is 1. The molecule has 0 saturated heterocycles. The first kappa shape index (κ1) is 14.2. The number of nitrogens with one attached hydrogen (secondary N) is 2. The Morgan fingerprint density at radius 1 is 1.32 bits per heavy atom. The summed E-state index contributed by atoms with van der Waals surface area (Å²) < 4.78 is 0. The molecule has 0 atom stereocenters. The summed E-state index contributed by atoms with van der Waals surface area (Å²) in [5, 5.41) is 8.41. The molecule has 0 bridgehead atoms. The van der Waals surface area contributed by atoms with Crippen molar-refractivity contribution >= 4 is 46.3 Å². The second kappa shape index (κ2) is 6.28. The number of amides is 2. The fraction of sp³-hybridized carbons (Fsp3) is 0.154. The molecule has 1 aromatic heterocycles. The Hall–Kier alpha value is -1.23. The number of halogens is 2. The van der Waals surface area contributed by atoms with Gasteiger partial charge in [-0.1, -0.05) is 23.2 Å². The molecule has 19 heavy (non-hydrogen) atoms. The second-order valence-corrected chi connectivity index (χ2v) is 5.80. The Morgan fingerprint density at radius 3 is 2.74 bits per heavy atom. The van der Waals surface area contributed by atoms with E-state index in [9.17, 15) is 4.79 Å². The van der Waals surface area contributed by atoms with Crippen molar-refractivity contribution in [2.45, 2.75) is 13.5 Å². The Kier molecular flexibility index (Phi) is 4.69. The SMILES string of the molecule is Cc1ccsc1CNC(=O)Nc1ccc(Cl)cc1Cl. The zero-order chi connectivity index (χ0) is 13.8. The number of hydrogen-bond donors (Lipinski definition) is 2. The zero-order valence-electron chi connectivity index (χ0n) is 10.2. The van der Waals surface area contributed by atoms with Gasteiger partial charge in [-0.3, -0.25) is 0 Å². The van der Waals surface area contributed by atoms with E-state index in [1.807, 2.05) is 18.4 Å².